The van der Waals surface area contributed by atoms with E-state index in [4.69, 9.17) is 9.15 Å². The van der Waals surface area contributed by atoms with Gasteiger partial charge < -0.3 is 13.9 Å². The lowest BCUT2D eigenvalue weighted by Gasteiger charge is -2.10. The molecule has 2 aromatic carbocycles. The van der Waals surface area contributed by atoms with Gasteiger partial charge >= 0.3 is 11.7 Å². The molecule has 3 rings (SSSR count). The maximum atomic E-state index is 12.6. The lowest BCUT2D eigenvalue weighted by molar-refractivity contribution is -0.141. The molecule has 10 heteroatoms. The van der Waals surface area contributed by atoms with Crippen LogP contribution in [0.3, 0.4) is 0 Å². The number of fused-ring (bicyclic) bond motifs is 1. The Hall–Kier alpha value is -3.11. The van der Waals surface area contributed by atoms with Crippen LogP contribution in [0, 0.1) is 0 Å². The van der Waals surface area contributed by atoms with Gasteiger partial charge in [-0.3, -0.25) is 9.36 Å². The highest BCUT2D eigenvalue weighted by Gasteiger charge is 2.19. The molecular formula is C18H18N2O7S. The molecule has 0 amide bonds. The zero-order chi connectivity index (χ0) is 20.3. The summed E-state index contributed by atoms with van der Waals surface area (Å²) in [6.45, 7) is -0.307. The van der Waals surface area contributed by atoms with E-state index in [0.29, 0.717) is 16.8 Å². The van der Waals surface area contributed by atoms with Gasteiger partial charge in [-0.05, 0) is 18.2 Å². The van der Waals surface area contributed by atoms with E-state index in [1.54, 1.807) is 24.3 Å². The van der Waals surface area contributed by atoms with E-state index in [-0.39, 0.29) is 23.6 Å². The molecule has 1 N–H and O–H groups in total. The Bertz CT molecular complexity index is 1180. The van der Waals surface area contributed by atoms with E-state index in [2.05, 4.69) is 9.46 Å². The van der Waals surface area contributed by atoms with Crippen molar-refractivity contribution < 1.29 is 27.1 Å². The van der Waals surface area contributed by atoms with E-state index < -0.39 is 21.7 Å². The number of methoxy groups -OCH3 is 2. The molecule has 0 aliphatic carbocycles. The molecule has 28 heavy (non-hydrogen) atoms. The highest BCUT2D eigenvalue weighted by molar-refractivity contribution is 7.89. The molecule has 0 saturated heterocycles. The highest BCUT2D eigenvalue weighted by Crippen LogP contribution is 2.21. The molecule has 1 aromatic heterocycles. The minimum absolute atomic E-state index is 0.0255. The molecule has 9 nitrogen and oxygen atoms in total. The first-order valence-electron chi connectivity index (χ1n) is 8.17. The number of nitrogens with zero attached hydrogens (tertiary/aromatic N) is 1. The van der Waals surface area contributed by atoms with Crippen molar-refractivity contribution in [3.8, 4) is 5.75 Å². The number of hydrogen-bond donors (Lipinski definition) is 1. The lowest BCUT2D eigenvalue weighted by Crippen LogP contribution is -2.23. The van der Waals surface area contributed by atoms with Gasteiger partial charge in [0.1, 0.15) is 12.3 Å². The predicted octanol–water partition coefficient (Wildman–Crippen LogP) is 1.25. The second-order valence-electron chi connectivity index (χ2n) is 5.80. The van der Waals surface area contributed by atoms with E-state index >= 15 is 0 Å². The number of carbonyl (C=O) groups excluding carboxylic acids is 1. The first-order chi connectivity index (χ1) is 13.4. The van der Waals surface area contributed by atoms with Gasteiger partial charge in [-0.2, -0.15) is 0 Å². The van der Waals surface area contributed by atoms with Crippen LogP contribution in [0.1, 0.15) is 5.56 Å². The molecule has 0 bridgehead atoms. The third kappa shape index (κ3) is 3.92. The number of aromatic nitrogens is 1. The number of ether oxygens (including phenoxy) is 2. The van der Waals surface area contributed by atoms with Crippen LogP contribution in [0.25, 0.3) is 11.1 Å². The van der Waals surface area contributed by atoms with Gasteiger partial charge in [-0.15, -0.1) is 0 Å². The van der Waals surface area contributed by atoms with Crippen LogP contribution in [0.2, 0.25) is 0 Å². The molecule has 0 aliphatic rings. The van der Waals surface area contributed by atoms with Crippen molar-refractivity contribution in [2.45, 2.75) is 18.0 Å². The van der Waals surface area contributed by atoms with E-state index in [9.17, 15) is 18.0 Å². The largest absolute Gasteiger partial charge is 0.496 e. The number of oxazole rings is 1. The maximum Gasteiger partial charge on any atom is 0.420 e. The van der Waals surface area contributed by atoms with Crippen LogP contribution < -0.4 is 15.2 Å². The molecule has 0 unspecified atom stereocenters. The zero-order valence-corrected chi connectivity index (χ0v) is 16.0. The van der Waals surface area contributed by atoms with Gasteiger partial charge in [0.25, 0.3) is 0 Å². The first-order valence-corrected chi connectivity index (χ1v) is 9.66. The quantitative estimate of drug-likeness (QED) is 0.587. The van der Waals surface area contributed by atoms with Crippen molar-refractivity contribution in [1.29, 1.82) is 0 Å². The maximum absolute atomic E-state index is 12.6. The van der Waals surface area contributed by atoms with Crippen LogP contribution >= 0.6 is 0 Å². The molecule has 148 valence electrons. The Morgan fingerprint density at radius 3 is 2.64 bits per heavy atom. The molecule has 0 saturated carbocycles. The molecule has 0 spiro atoms. The summed E-state index contributed by atoms with van der Waals surface area (Å²) in [6, 6.07) is 11.0. The predicted molar refractivity (Wildman–Crippen MR) is 99.5 cm³/mol. The van der Waals surface area contributed by atoms with E-state index in [1.807, 2.05) is 0 Å². The van der Waals surface area contributed by atoms with E-state index in [0.717, 1.165) is 4.57 Å². The molecule has 0 fully saturated rings. The highest BCUT2D eigenvalue weighted by atomic mass is 32.2. The summed E-state index contributed by atoms with van der Waals surface area (Å²) in [7, 11) is -1.17. The van der Waals surface area contributed by atoms with Crippen molar-refractivity contribution in [2.24, 2.45) is 0 Å². The lowest BCUT2D eigenvalue weighted by atomic mass is 10.2. The average molecular weight is 406 g/mol. The van der Waals surface area contributed by atoms with Gasteiger partial charge in [-0.25, -0.2) is 17.9 Å². The Morgan fingerprint density at radius 2 is 1.93 bits per heavy atom. The SMILES string of the molecule is COC(=O)Cn1c(=O)oc2cc(S(=O)(=O)NCc3ccccc3OC)ccc21. The Labute approximate surface area is 160 Å². The van der Waals surface area contributed by atoms with Crippen LogP contribution in [-0.2, 0) is 32.6 Å². The summed E-state index contributed by atoms with van der Waals surface area (Å²) in [5.74, 6) is -0.844. The number of nitrogens with one attached hydrogen (secondary N) is 1. The van der Waals surface area contributed by atoms with E-state index in [1.165, 1.54) is 32.4 Å². The van der Waals surface area contributed by atoms with Crippen LogP contribution in [0.15, 0.2) is 56.6 Å². The summed E-state index contributed by atoms with van der Waals surface area (Å²) in [6.07, 6.45) is 0. The summed E-state index contributed by atoms with van der Waals surface area (Å²) < 4.78 is 43.6. The monoisotopic (exact) mass is 406 g/mol. The van der Waals surface area contributed by atoms with Crippen molar-refractivity contribution >= 4 is 27.1 Å². The second-order valence-corrected chi connectivity index (χ2v) is 7.56. The Balaban J connectivity index is 1.88. The molecule has 1 heterocycles. The molecule has 0 aliphatic heterocycles. The summed E-state index contributed by atoms with van der Waals surface area (Å²) in [5.41, 5.74) is 1.01. The molecule has 3 aromatic rings. The number of esters is 1. The number of benzene rings is 2. The van der Waals surface area contributed by atoms with Crippen LogP contribution in [0.4, 0.5) is 0 Å². The Kier molecular flexibility index (Phi) is 5.52. The normalized spacial score (nSPS) is 11.5. The number of hydrogen-bond acceptors (Lipinski definition) is 7. The minimum atomic E-state index is -3.87. The second kappa shape index (κ2) is 7.87. The molecule has 0 atom stereocenters. The molecule has 0 radical (unpaired) electrons. The van der Waals surface area contributed by atoms with Gasteiger partial charge in [0, 0.05) is 18.2 Å². The fraction of sp³-hybridized carbons (Fsp3) is 0.222. The fourth-order valence-electron chi connectivity index (χ4n) is 2.66. The van der Waals surface area contributed by atoms with Crippen molar-refractivity contribution in [3.05, 3.63) is 58.6 Å². The topological polar surface area (TPSA) is 117 Å². The third-order valence-electron chi connectivity index (χ3n) is 4.11. The minimum Gasteiger partial charge on any atom is -0.496 e. The fourth-order valence-corrected chi connectivity index (χ4v) is 3.68. The number of carbonyl (C=O) groups is 1. The smallest absolute Gasteiger partial charge is 0.420 e. The summed E-state index contributed by atoms with van der Waals surface area (Å²) >= 11 is 0. The average Bonchev–Trinajstić information content (AvgIpc) is 3.01. The number of sulfonamides is 1. The Morgan fingerprint density at radius 1 is 1.18 bits per heavy atom. The van der Waals surface area contributed by atoms with Gasteiger partial charge in [0.15, 0.2) is 5.58 Å². The summed E-state index contributed by atoms with van der Waals surface area (Å²) in [4.78, 5) is 23.3. The van der Waals surface area contributed by atoms with Crippen LogP contribution in [0.5, 0.6) is 5.75 Å². The zero-order valence-electron chi connectivity index (χ0n) is 15.2. The summed E-state index contributed by atoms with van der Waals surface area (Å²) in [5, 5.41) is 0. The molecular weight excluding hydrogens is 388 g/mol. The number of rotatable bonds is 7. The van der Waals surface area contributed by atoms with Gasteiger partial charge in [0.2, 0.25) is 10.0 Å². The van der Waals surface area contributed by atoms with Crippen molar-refractivity contribution in [2.75, 3.05) is 14.2 Å². The van der Waals surface area contributed by atoms with Gasteiger partial charge in [-0.1, -0.05) is 18.2 Å². The van der Waals surface area contributed by atoms with Gasteiger partial charge in [0.05, 0.1) is 24.6 Å². The van der Waals surface area contributed by atoms with Crippen LogP contribution in [-0.4, -0.2) is 33.2 Å². The standard InChI is InChI=1S/C18H18N2O7S/c1-25-15-6-4-3-5-12(15)10-19-28(23,24)13-7-8-14-16(9-13)27-18(22)20(14)11-17(21)26-2/h3-9,19H,10-11H2,1-2H3. The third-order valence-corrected chi connectivity index (χ3v) is 5.51. The van der Waals surface area contributed by atoms with Crippen molar-refractivity contribution in [3.63, 3.8) is 0 Å². The first kappa shape index (κ1) is 19.6. The number of para-hydroxylation sites is 1. The van der Waals surface area contributed by atoms with Crippen molar-refractivity contribution in [1.82, 2.24) is 9.29 Å².